The lowest BCUT2D eigenvalue weighted by molar-refractivity contribution is -0.137. The molecule has 0 saturated heterocycles. The Balaban J connectivity index is 2.97. The lowest BCUT2D eigenvalue weighted by Gasteiger charge is -2.20. The molecular weight excluding hydrogens is 241 g/mol. The summed E-state index contributed by atoms with van der Waals surface area (Å²) < 4.78 is 37.9. The average molecular weight is 260 g/mol. The van der Waals surface area contributed by atoms with E-state index in [9.17, 15) is 13.2 Å². The molecule has 0 heterocycles. The lowest BCUT2D eigenvalue weighted by Crippen LogP contribution is -2.20. The van der Waals surface area contributed by atoms with Crippen LogP contribution >= 0.6 is 0 Å². The third-order valence-corrected chi connectivity index (χ3v) is 2.86. The Hall–Kier alpha value is -1.07. The first-order valence-corrected chi connectivity index (χ1v) is 5.97. The Labute approximate surface area is 105 Å². The molecule has 102 valence electrons. The van der Waals surface area contributed by atoms with Crippen molar-refractivity contribution in [3.05, 3.63) is 35.4 Å². The fourth-order valence-electron chi connectivity index (χ4n) is 2.04. The van der Waals surface area contributed by atoms with Crippen molar-refractivity contribution in [1.82, 2.24) is 0 Å². The van der Waals surface area contributed by atoms with E-state index >= 15 is 0 Å². The van der Waals surface area contributed by atoms with Gasteiger partial charge >= 0.3 is 6.18 Å². The number of hydrogen-bond acceptors (Lipinski definition) is 2. The van der Waals surface area contributed by atoms with Crippen LogP contribution in [-0.4, -0.2) is 12.6 Å². The predicted octanol–water partition coefficient (Wildman–Crippen LogP) is 2.88. The van der Waals surface area contributed by atoms with Crippen molar-refractivity contribution in [2.45, 2.75) is 37.9 Å². The predicted molar refractivity (Wildman–Crippen MR) is 66.1 cm³/mol. The zero-order valence-electron chi connectivity index (χ0n) is 10.4. The molecule has 4 N–H and O–H groups in total. The van der Waals surface area contributed by atoms with E-state index in [1.54, 1.807) is 6.07 Å². The highest BCUT2D eigenvalue weighted by Crippen LogP contribution is 2.32. The minimum atomic E-state index is -4.31. The molecule has 1 rings (SSSR count). The summed E-state index contributed by atoms with van der Waals surface area (Å²) in [6.07, 6.45) is -3.03. The van der Waals surface area contributed by atoms with Gasteiger partial charge in [-0.3, -0.25) is 0 Å². The van der Waals surface area contributed by atoms with Gasteiger partial charge in [0.2, 0.25) is 0 Å². The zero-order valence-corrected chi connectivity index (χ0v) is 10.4. The largest absolute Gasteiger partial charge is 0.416 e. The van der Waals surface area contributed by atoms with Crippen molar-refractivity contribution in [3.8, 4) is 0 Å². The maximum Gasteiger partial charge on any atom is 0.416 e. The molecule has 0 bridgehead atoms. The van der Waals surface area contributed by atoms with Crippen LogP contribution in [0.25, 0.3) is 0 Å². The minimum Gasteiger partial charge on any atom is -0.330 e. The molecule has 2 nitrogen and oxygen atoms in total. The van der Waals surface area contributed by atoms with E-state index in [-0.39, 0.29) is 12.0 Å². The highest BCUT2D eigenvalue weighted by atomic mass is 19.4. The average Bonchev–Trinajstić information content (AvgIpc) is 2.27. The highest BCUT2D eigenvalue weighted by Gasteiger charge is 2.30. The molecular formula is C13H19F3N2. The summed E-state index contributed by atoms with van der Waals surface area (Å²) in [5.74, 6) is -0.0164. The standard InChI is InChI=1S/C13H19F3N2/c1-9(18)7-11(5-6-17)10-3-2-4-12(8-10)13(14,15)16/h2-4,8-9,11H,5-7,17-18H2,1H3. The van der Waals surface area contributed by atoms with Gasteiger partial charge in [0.1, 0.15) is 0 Å². The second-order valence-electron chi connectivity index (χ2n) is 4.61. The van der Waals surface area contributed by atoms with Crippen LogP contribution in [0.4, 0.5) is 13.2 Å². The van der Waals surface area contributed by atoms with E-state index in [1.807, 2.05) is 6.92 Å². The summed E-state index contributed by atoms with van der Waals surface area (Å²) >= 11 is 0. The quantitative estimate of drug-likeness (QED) is 0.855. The summed E-state index contributed by atoms with van der Waals surface area (Å²) in [7, 11) is 0. The Morgan fingerprint density at radius 2 is 1.94 bits per heavy atom. The fraction of sp³-hybridized carbons (Fsp3) is 0.538. The molecule has 0 aliphatic heterocycles. The second-order valence-corrected chi connectivity index (χ2v) is 4.61. The van der Waals surface area contributed by atoms with Gasteiger partial charge in [0, 0.05) is 6.04 Å². The van der Waals surface area contributed by atoms with Gasteiger partial charge in [-0.1, -0.05) is 18.2 Å². The number of nitrogens with two attached hydrogens (primary N) is 2. The Morgan fingerprint density at radius 1 is 1.28 bits per heavy atom. The van der Waals surface area contributed by atoms with Gasteiger partial charge in [-0.05, 0) is 43.9 Å². The molecule has 0 spiro atoms. The Bertz CT molecular complexity index is 375. The van der Waals surface area contributed by atoms with Gasteiger partial charge in [0.25, 0.3) is 0 Å². The van der Waals surface area contributed by atoms with Crippen molar-refractivity contribution >= 4 is 0 Å². The van der Waals surface area contributed by atoms with Crippen molar-refractivity contribution in [3.63, 3.8) is 0 Å². The lowest BCUT2D eigenvalue weighted by atomic mass is 9.89. The van der Waals surface area contributed by atoms with E-state index in [1.165, 1.54) is 12.1 Å². The highest BCUT2D eigenvalue weighted by molar-refractivity contribution is 5.28. The summed E-state index contributed by atoms with van der Waals surface area (Å²) in [4.78, 5) is 0. The van der Waals surface area contributed by atoms with Gasteiger partial charge in [-0.2, -0.15) is 13.2 Å². The molecule has 2 unspecified atom stereocenters. The minimum absolute atomic E-state index is 0.0164. The van der Waals surface area contributed by atoms with E-state index in [0.717, 1.165) is 6.07 Å². The van der Waals surface area contributed by atoms with Gasteiger partial charge < -0.3 is 11.5 Å². The van der Waals surface area contributed by atoms with Crippen molar-refractivity contribution in [2.24, 2.45) is 11.5 Å². The first-order chi connectivity index (χ1) is 8.34. The van der Waals surface area contributed by atoms with Crippen molar-refractivity contribution in [2.75, 3.05) is 6.54 Å². The first-order valence-electron chi connectivity index (χ1n) is 5.97. The normalized spacial score (nSPS) is 15.4. The third kappa shape index (κ3) is 4.31. The van der Waals surface area contributed by atoms with Crippen LogP contribution in [0.5, 0.6) is 0 Å². The second kappa shape index (κ2) is 6.20. The molecule has 0 fully saturated rings. The SMILES string of the molecule is CC(N)CC(CCN)c1cccc(C(F)(F)F)c1. The number of benzene rings is 1. The van der Waals surface area contributed by atoms with Crippen LogP contribution in [0.2, 0.25) is 0 Å². The van der Waals surface area contributed by atoms with E-state index in [0.29, 0.717) is 24.9 Å². The Kier molecular flexibility index (Phi) is 5.16. The van der Waals surface area contributed by atoms with Crippen LogP contribution in [0.15, 0.2) is 24.3 Å². The van der Waals surface area contributed by atoms with Crippen LogP contribution in [0, 0.1) is 0 Å². The molecule has 1 aromatic rings. The molecule has 0 aliphatic rings. The van der Waals surface area contributed by atoms with Crippen molar-refractivity contribution < 1.29 is 13.2 Å². The van der Waals surface area contributed by atoms with E-state index in [2.05, 4.69) is 0 Å². The van der Waals surface area contributed by atoms with Crippen LogP contribution < -0.4 is 11.5 Å². The van der Waals surface area contributed by atoms with E-state index < -0.39 is 11.7 Å². The van der Waals surface area contributed by atoms with Gasteiger partial charge in [-0.25, -0.2) is 0 Å². The zero-order chi connectivity index (χ0) is 13.8. The monoisotopic (exact) mass is 260 g/mol. The van der Waals surface area contributed by atoms with Crippen LogP contribution in [-0.2, 0) is 6.18 Å². The summed E-state index contributed by atoms with van der Waals surface area (Å²) in [6.45, 7) is 2.28. The smallest absolute Gasteiger partial charge is 0.330 e. The van der Waals surface area contributed by atoms with Crippen molar-refractivity contribution in [1.29, 1.82) is 0 Å². The van der Waals surface area contributed by atoms with E-state index in [4.69, 9.17) is 11.5 Å². The number of rotatable bonds is 5. The molecule has 0 aromatic heterocycles. The number of hydrogen-bond donors (Lipinski definition) is 2. The first kappa shape index (κ1) is 15.0. The van der Waals surface area contributed by atoms with Gasteiger partial charge in [0.15, 0.2) is 0 Å². The fourth-order valence-corrected chi connectivity index (χ4v) is 2.04. The molecule has 0 amide bonds. The Morgan fingerprint density at radius 3 is 2.44 bits per heavy atom. The molecule has 18 heavy (non-hydrogen) atoms. The van der Waals surface area contributed by atoms with Gasteiger partial charge in [0.05, 0.1) is 5.56 Å². The molecule has 1 aromatic carbocycles. The summed E-state index contributed by atoms with van der Waals surface area (Å²) in [5.41, 5.74) is 11.3. The topological polar surface area (TPSA) is 52.0 Å². The molecule has 5 heteroatoms. The summed E-state index contributed by atoms with van der Waals surface area (Å²) in [5, 5.41) is 0. The maximum atomic E-state index is 12.6. The van der Waals surface area contributed by atoms with Crippen LogP contribution in [0.3, 0.4) is 0 Å². The third-order valence-electron chi connectivity index (χ3n) is 2.86. The van der Waals surface area contributed by atoms with Crippen LogP contribution in [0.1, 0.15) is 36.8 Å². The molecule has 0 saturated carbocycles. The maximum absolute atomic E-state index is 12.6. The summed E-state index contributed by atoms with van der Waals surface area (Å²) in [6, 6.07) is 5.36. The van der Waals surface area contributed by atoms with Gasteiger partial charge in [-0.15, -0.1) is 0 Å². The molecule has 0 radical (unpaired) electrons. The number of alkyl halides is 3. The molecule has 2 atom stereocenters. The molecule has 0 aliphatic carbocycles. The number of halogens is 3.